The van der Waals surface area contributed by atoms with Crippen LogP contribution in [0, 0.1) is 5.82 Å². The molecule has 0 saturated heterocycles. The Morgan fingerprint density at radius 1 is 0.625 bits per heavy atom. The second kappa shape index (κ2) is 9.02. The number of rotatable bonds is 6. The Hall–Kier alpha value is -2.12. The monoisotopic (exact) mass is 450 g/mol. The summed E-state index contributed by atoms with van der Waals surface area (Å²) in [5.74, 6) is -0.0930. The van der Waals surface area contributed by atoms with Crippen LogP contribution < -0.4 is 0 Å². The van der Waals surface area contributed by atoms with E-state index in [-0.39, 0.29) is 16.6 Å². The number of benzene rings is 3. The van der Waals surface area contributed by atoms with Gasteiger partial charge >= 0.3 is 0 Å². The van der Waals surface area contributed by atoms with E-state index in [4.69, 9.17) is 11.6 Å². The van der Waals surface area contributed by atoms with Crippen molar-refractivity contribution in [2.24, 2.45) is 0 Å². The van der Waals surface area contributed by atoms with Gasteiger partial charge in [-0.25, -0.2) is 4.39 Å². The number of hydrogen-bond acceptors (Lipinski definition) is 0. The maximum absolute atomic E-state index is 15.9. The third kappa shape index (κ3) is 5.26. The predicted molar refractivity (Wildman–Crippen MR) is 136 cm³/mol. The molecule has 0 nitrogen and oxygen atoms in total. The summed E-state index contributed by atoms with van der Waals surface area (Å²) in [6.07, 6.45) is 1.32. The second-order valence-electron chi connectivity index (χ2n) is 11.3. The third-order valence-corrected chi connectivity index (χ3v) is 6.96. The Balaban J connectivity index is 1.94. The molecule has 0 spiro atoms. The zero-order chi connectivity index (χ0) is 23.7. The summed E-state index contributed by atoms with van der Waals surface area (Å²) in [4.78, 5) is 0. The van der Waals surface area contributed by atoms with E-state index in [1.165, 1.54) is 5.56 Å². The van der Waals surface area contributed by atoms with Crippen LogP contribution in [-0.4, -0.2) is 0 Å². The molecular formula is C30H36ClF. The lowest BCUT2D eigenvalue weighted by molar-refractivity contribution is 0.459. The topological polar surface area (TPSA) is 0 Å². The highest BCUT2D eigenvalue weighted by Crippen LogP contribution is 2.38. The van der Waals surface area contributed by atoms with Crippen molar-refractivity contribution in [2.75, 3.05) is 0 Å². The summed E-state index contributed by atoms with van der Waals surface area (Å²) in [5.41, 5.74) is 4.34. The van der Waals surface area contributed by atoms with Gasteiger partial charge in [0.2, 0.25) is 0 Å². The molecule has 0 aliphatic heterocycles. The molecule has 0 radical (unpaired) electrons. The van der Waals surface area contributed by atoms with Crippen LogP contribution in [0.25, 0.3) is 0 Å². The van der Waals surface area contributed by atoms with E-state index < -0.39 is 5.41 Å². The largest absolute Gasteiger partial charge is 0.206 e. The van der Waals surface area contributed by atoms with Crippen molar-refractivity contribution in [3.63, 3.8) is 0 Å². The van der Waals surface area contributed by atoms with Crippen molar-refractivity contribution in [3.8, 4) is 0 Å². The highest BCUT2D eigenvalue weighted by Gasteiger charge is 2.30. The van der Waals surface area contributed by atoms with Crippen LogP contribution in [0.2, 0.25) is 5.02 Å². The highest BCUT2D eigenvalue weighted by atomic mass is 35.5. The second-order valence-corrected chi connectivity index (χ2v) is 11.7. The summed E-state index contributed by atoms with van der Waals surface area (Å²) in [7, 11) is 0. The Bertz CT molecular complexity index is 1070. The minimum absolute atomic E-state index is 0.0363. The summed E-state index contributed by atoms with van der Waals surface area (Å²) >= 11 is 6.82. The zero-order valence-electron chi connectivity index (χ0n) is 20.5. The standard InChI is InChI=1S/C30H36ClF/c1-28(2,3)24-17-11-13-21(26(24)31)19-30(6,7)25-18-12-14-22(27(25)32)20-29(4,5)23-15-9-8-10-16-23/h8-18H,19-20H2,1-7H3. The molecule has 0 N–H and O–H groups in total. The maximum atomic E-state index is 15.9. The van der Waals surface area contributed by atoms with Crippen LogP contribution in [0.5, 0.6) is 0 Å². The van der Waals surface area contributed by atoms with Crippen molar-refractivity contribution in [3.05, 3.63) is 105 Å². The quantitative estimate of drug-likeness (QED) is 0.352. The van der Waals surface area contributed by atoms with E-state index in [0.29, 0.717) is 12.8 Å². The van der Waals surface area contributed by atoms with Gasteiger partial charge in [-0.1, -0.05) is 127 Å². The van der Waals surface area contributed by atoms with Gasteiger partial charge in [0.25, 0.3) is 0 Å². The van der Waals surface area contributed by atoms with Crippen LogP contribution in [-0.2, 0) is 29.1 Å². The average Bonchev–Trinajstić information content (AvgIpc) is 2.70. The van der Waals surface area contributed by atoms with Gasteiger partial charge in [-0.2, -0.15) is 0 Å². The molecule has 3 aromatic carbocycles. The summed E-state index contributed by atoms with van der Waals surface area (Å²) < 4.78 is 15.9. The van der Waals surface area contributed by atoms with E-state index in [0.717, 1.165) is 27.3 Å². The first-order valence-electron chi connectivity index (χ1n) is 11.4. The fourth-order valence-corrected chi connectivity index (χ4v) is 5.05. The van der Waals surface area contributed by atoms with Gasteiger partial charge in [-0.3, -0.25) is 0 Å². The van der Waals surface area contributed by atoms with Crippen molar-refractivity contribution < 1.29 is 4.39 Å². The smallest absolute Gasteiger partial charge is 0.130 e. The van der Waals surface area contributed by atoms with Gasteiger partial charge in [0.05, 0.1) is 0 Å². The predicted octanol–water partition coefficient (Wildman–Crippen LogP) is 8.82. The summed E-state index contributed by atoms with van der Waals surface area (Å²) in [5, 5.41) is 0.801. The van der Waals surface area contributed by atoms with Gasteiger partial charge < -0.3 is 0 Å². The Morgan fingerprint density at radius 3 is 1.75 bits per heavy atom. The molecule has 32 heavy (non-hydrogen) atoms. The van der Waals surface area contributed by atoms with Gasteiger partial charge in [-0.05, 0) is 56.9 Å². The molecule has 0 fully saturated rings. The molecule has 0 aliphatic carbocycles. The van der Waals surface area contributed by atoms with E-state index in [9.17, 15) is 0 Å². The minimum Gasteiger partial charge on any atom is -0.206 e. The fraction of sp³-hybridized carbons (Fsp3) is 0.400. The Morgan fingerprint density at radius 2 is 1.16 bits per heavy atom. The van der Waals surface area contributed by atoms with Gasteiger partial charge in [0.15, 0.2) is 0 Å². The third-order valence-electron chi connectivity index (χ3n) is 6.51. The molecule has 170 valence electrons. The first-order valence-corrected chi connectivity index (χ1v) is 11.8. The molecule has 0 saturated carbocycles. The average molecular weight is 451 g/mol. The van der Waals surface area contributed by atoms with Crippen molar-refractivity contribution in [1.29, 1.82) is 0 Å². The van der Waals surface area contributed by atoms with Crippen LogP contribution in [0.4, 0.5) is 4.39 Å². The molecule has 0 atom stereocenters. The highest BCUT2D eigenvalue weighted by molar-refractivity contribution is 6.32. The summed E-state index contributed by atoms with van der Waals surface area (Å²) in [6.45, 7) is 15.1. The molecule has 0 heterocycles. The molecule has 2 heteroatoms. The lowest BCUT2D eigenvalue weighted by Gasteiger charge is -2.30. The number of halogens is 2. The Labute approximate surface area is 198 Å². The molecule has 0 aliphatic rings. The first-order chi connectivity index (χ1) is 14.8. The van der Waals surface area contributed by atoms with E-state index >= 15 is 4.39 Å². The SMILES string of the molecule is CC(C)(C)c1cccc(CC(C)(C)c2cccc(CC(C)(C)c3ccccc3)c2F)c1Cl. The molecular weight excluding hydrogens is 415 g/mol. The van der Waals surface area contributed by atoms with Crippen LogP contribution in [0.1, 0.15) is 76.3 Å². The van der Waals surface area contributed by atoms with Crippen molar-refractivity contribution >= 4 is 11.6 Å². The normalized spacial score (nSPS) is 12.8. The molecule has 3 rings (SSSR count). The zero-order valence-corrected chi connectivity index (χ0v) is 21.3. The van der Waals surface area contributed by atoms with Gasteiger partial charge in [0, 0.05) is 5.02 Å². The lowest BCUT2D eigenvalue weighted by atomic mass is 9.75. The van der Waals surface area contributed by atoms with Crippen LogP contribution in [0.15, 0.2) is 66.7 Å². The molecule has 0 amide bonds. The summed E-state index contributed by atoms with van der Waals surface area (Å²) in [6, 6.07) is 22.4. The van der Waals surface area contributed by atoms with Crippen molar-refractivity contribution in [1.82, 2.24) is 0 Å². The van der Waals surface area contributed by atoms with Crippen LogP contribution >= 0.6 is 11.6 Å². The lowest BCUT2D eigenvalue weighted by Crippen LogP contribution is -2.25. The molecule has 3 aromatic rings. The van der Waals surface area contributed by atoms with Crippen LogP contribution in [0.3, 0.4) is 0 Å². The minimum atomic E-state index is -0.392. The van der Waals surface area contributed by atoms with E-state index in [2.05, 4.69) is 78.8 Å². The molecule has 0 aromatic heterocycles. The number of hydrogen-bond donors (Lipinski definition) is 0. The van der Waals surface area contributed by atoms with Crippen molar-refractivity contribution in [2.45, 2.75) is 77.6 Å². The van der Waals surface area contributed by atoms with Gasteiger partial charge in [-0.15, -0.1) is 0 Å². The first kappa shape index (κ1) is 24.5. The maximum Gasteiger partial charge on any atom is 0.130 e. The molecule has 0 bridgehead atoms. The Kier molecular flexibility index (Phi) is 6.91. The molecule has 0 unspecified atom stereocenters. The van der Waals surface area contributed by atoms with E-state index in [1.54, 1.807) is 0 Å². The van der Waals surface area contributed by atoms with Gasteiger partial charge in [0.1, 0.15) is 5.82 Å². The fourth-order valence-electron chi connectivity index (χ4n) is 4.57. The van der Waals surface area contributed by atoms with E-state index in [1.807, 2.05) is 36.4 Å².